The zero-order valence-corrected chi connectivity index (χ0v) is 9.61. The van der Waals surface area contributed by atoms with E-state index in [1.54, 1.807) is 0 Å². The molecule has 3 heterocycles. The Labute approximate surface area is 100 Å². The molecule has 3 unspecified atom stereocenters. The molecule has 17 heavy (non-hydrogen) atoms. The van der Waals surface area contributed by atoms with Crippen LogP contribution in [0.3, 0.4) is 0 Å². The molecule has 88 valence electrons. The molecule has 1 aromatic carbocycles. The Hall–Kier alpha value is -1.35. The van der Waals surface area contributed by atoms with Gasteiger partial charge in [-0.25, -0.2) is 0 Å². The summed E-state index contributed by atoms with van der Waals surface area (Å²) in [5, 5.41) is 3.56. The van der Waals surface area contributed by atoms with Crippen LogP contribution in [0.2, 0.25) is 0 Å². The largest absolute Gasteiger partial charge is 0.484 e. The van der Waals surface area contributed by atoms with Crippen molar-refractivity contribution < 1.29 is 9.53 Å². The minimum absolute atomic E-state index is 0.237. The smallest absolute Gasteiger partial charge is 0.170 e. The zero-order valence-electron chi connectivity index (χ0n) is 9.61. The average molecular weight is 229 g/mol. The van der Waals surface area contributed by atoms with E-state index in [0.29, 0.717) is 18.5 Å². The Bertz CT molecular complexity index is 499. The molecule has 2 bridgehead atoms. The molecule has 3 heteroatoms. The maximum absolute atomic E-state index is 12.2. The number of rotatable bonds is 0. The minimum Gasteiger partial charge on any atom is -0.484 e. The predicted octanol–water partition coefficient (Wildman–Crippen LogP) is 1.91. The molecule has 1 N–H and O–H groups in total. The number of nitrogens with one attached hydrogen (secondary N) is 1. The van der Waals surface area contributed by atoms with E-state index in [9.17, 15) is 4.79 Å². The lowest BCUT2D eigenvalue weighted by molar-refractivity contribution is 0.0232. The van der Waals surface area contributed by atoms with E-state index < -0.39 is 0 Å². The molecule has 3 nitrogen and oxygen atoms in total. The van der Waals surface area contributed by atoms with E-state index in [1.807, 2.05) is 24.3 Å². The summed E-state index contributed by atoms with van der Waals surface area (Å²) in [6, 6.07) is 8.54. The molecule has 3 atom stereocenters. The van der Waals surface area contributed by atoms with Crippen LogP contribution in [0.5, 0.6) is 5.75 Å². The molecule has 0 amide bonds. The van der Waals surface area contributed by atoms with Gasteiger partial charge in [-0.05, 0) is 25.0 Å². The number of Topliss-reactive ketones (excluding diaryl/α,β-unsaturated/α-hetero) is 1. The number of para-hydroxylation sites is 1. The average Bonchev–Trinajstić information content (AvgIpc) is 2.89. The number of ether oxygens (including phenoxy) is 1. The van der Waals surface area contributed by atoms with Gasteiger partial charge in [0.15, 0.2) is 5.78 Å². The van der Waals surface area contributed by atoms with E-state index >= 15 is 0 Å². The molecule has 3 aliphatic rings. The van der Waals surface area contributed by atoms with Gasteiger partial charge in [-0.15, -0.1) is 0 Å². The van der Waals surface area contributed by atoms with Gasteiger partial charge in [-0.2, -0.15) is 0 Å². The number of benzene rings is 1. The Balaban J connectivity index is 1.77. The zero-order chi connectivity index (χ0) is 11.5. The van der Waals surface area contributed by atoms with Crippen molar-refractivity contribution in [2.75, 3.05) is 0 Å². The van der Waals surface area contributed by atoms with Crippen LogP contribution in [-0.4, -0.2) is 23.5 Å². The number of hydrogen-bond acceptors (Lipinski definition) is 3. The van der Waals surface area contributed by atoms with E-state index in [0.717, 1.165) is 24.2 Å². The van der Waals surface area contributed by atoms with Crippen molar-refractivity contribution in [1.29, 1.82) is 0 Å². The van der Waals surface area contributed by atoms with Crippen LogP contribution in [0.15, 0.2) is 24.3 Å². The van der Waals surface area contributed by atoms with Crippen LogP contribution in [0.25, 0.3) is 0 Å². The van der Waals surface area contributed by atoms with Crippen LogP contribution in [-0.2, 0) is 0 Å². The standard InChI is InChI=1S/C14H15NO2/c16-11-8-14(7-9-5-6-13(14)15-9)17-12-4-2-1-3-10(11)12/h1-4,9,13,15H,5-8H2. The van der Waals surface area contributed by atoms with Gasteiger partial charge in [0.1, 0.15) is 11.4 Å². The summed E-state index contributed by atoms with van der Waals surface area (Å²) in [5.41, 5.74) is 0.495. The van der Waals surface area contributed by atoms with Crippen molar-refractivity contribution in [3.63, 3.8) is 0 Å². The molecule has 0 aliphatic carbocycles. The summed E-state index contributed by atoms with van der Waals surface area (Å²) in [7, 11) is 0. The lowest BCUT2D eigenvalue weighted by Crippen LogP contribution is -2.51. The molecule has 2 saturated heterocycles. The molecule has 2 fully saturated rings. The Morgan fingerprint density at radius 1 is 1.29 bits per heavy atom. The highest BCUT2D eigenvalue weighted by Gasteiger charge is 2.55. The first-order valence-electron chi connectivity index (χ1n) is 6.34. The summed E-state index contributed by atoms with van der Waals surface area (Å²) in [4.78, 5) is 12.2. The molecule has 1 spiro atoms. The predicted molar refractivity (Wildman–Crippen MR) is 63.3 cm³/mol. The molecular formula is C14H15NO2. The quantitative estimate of drug-likeness (QED) is 0.738. The van der Waals surface area contributed by atoms with Crippen LogP contribution in [0, 0.1) is 0 Å². The van der Waals surface area contributed by atoms with Crippen LogP contribution in [0.4, 0.5) is 0 Å². The van der Waals surface area contributed by atoms with Gasteiger partial charge in [0.25, 0.3) is 0 Å². The van der Waals surface area contributed by atoms with Gasteiger partial charge in [-0.1, -0.05) is 12.1 Å². The van der Waals surface area contributed by atoms with Crippen molar-refractivity contribution in [3.05, 3.63) is 29.8 Å². The minimum atomic E-state index is -0.256. The second-order valence-electron chi connectivity index (χ2n) is 5.46. The third-order valence-electron chi connectivity index (χ3n) is 4.43. The van der Waals surface area contributed by atoms with Gasteiger partial charge >= 0.3 is 0 Å². The molecule has 0 saturated carbocycles. The summed E-state index contributed by atoms with van der Waals surface area (Å²) < 4.78 is 6.20. The van der Waals surface area contributed by atoms with E-state index in [4.69, 9.17) is 4.74 Å². The van der Waals surface area contributed by atoms with E-state index in [-0.39, 0.29) is 11.4 Å². The number of carbonyl (C=O) groups excluding carboxylic acids is 1. The molecule has 1 aromatic rings. The SMILES string of the molecule is O=C1CC2(CC3CCC2N3)Oc2ccccc21. The Kier molecular flexibility index (Phi) is 1.76. The number of ketones is 1. The molecule has 0 aromatic heterocycles. The highest BCUT2D eigenvalue weighted by Crippen LogP contribution is 2.46. The van der Waals surface area contributed by atoms with Crippen molar-refractivity contribution in [2.24, 2.45) is 0 Å². The second kappa shape index (κ2) is 3.10. The van der Waals surface area contributed by atoms with Gasteiger partial charge in [0, 0.05) is 18.5 Å². The van der Waals surface area contributed by atoms with Gasteiger partial charge in [-0.3, -0.25) is 4.79 Å². The van der Waals surface area contributed by atoms with Crippen LogP contribution >= 0.6 is 0 Å². The van der Waals surface area contributed by atoms with Crippen molar-refractivity contribution in [2.45, 2.75) is 43.4 Å². The van der Waals surface area contributed by atoms with Gasteiger partial charge < -0.3 is 10.1 Å². The summed E-state index contributed by atoms with van der Waals surface area (Å²) >= 11 is 0. The van der Waals surface area contributed by atoms with Crippen molar-refractivity contribution in [3.8, 4) is 5.75 Å². The maximum atomic E-state index is 12.2. The first-order valence-corrected chi connectivity index (χ1v) is 6.34. The molecule has 0 radical (unpaired) electrons. The number of carbonyl (C=O) groups is 1. The van der Waals surface area contributed by atoms with Crippen LogP contribution in [0.1, 0.15) is 36.0 Å². The van der Waals surface area contributed by atoms with Gasteiger partial charge in [0.2, 0.25) is 0 Å². The fourth-order valence-corrected chi connectivity index (χ4v) is 3.67. The third kappa shape index (κ3) is 1.23. The normalized spacial score (nSPS) is 38.2. The summed E-state index contributed by atoms with van der Waals surface area (Å²) in [5.74, 6) is 1.01. The topological polar surface area (TPSA) is 38.3 Å². The highest BCUT2D eigenvalue weighted by atomic mass is 16.5. The summed E-state index contributed by atoms with van der Waals surface area (Å²) in [6.07, 6.45) is 3.89. The first-order chi connectivity index (χ1) is 8.27. The highest BCUT2D eigenvalue weighted by molar-refractivity contribution is 6.00. The number of hydrogen-bond donors (Lipinski definition) is 1. The lowest BCUT2D eigenvalue weighted by atomic mass is 9.78. The van der Waals surface area contributed by atoms with Gasteiger partial charge in [0.05, 0.1) is 12.0 Å². The molecule has 3 aliphatic heterocycles. The summed E-state index contributed by atoms with van der Waals surface area (Å²) in [6.45, 7) is 0. The Morgan fingerprint density at radius 3 is 2.94 bits per heavy atom. The molecular weight excluding hydrogens is 214 g/mol. The fraction of sp³-hybridized carbons (Fsp3) is 0.500. The second-order valence-corrected chi connectivity index (χ2v) is 5.46. The van der Waals surface area contributed by atoms with E-state index in [2.05, 4.69) is 5.32 Å². The number of fused-ring (bicyclic) bond motifs is 4. The fourth-order valence-electron chi connectivity index (χ4n) is 3.67. The third-order valence-corrected chi connectivity index (χ3v) is 4.43. The van der Waals surface area contributed by atoms with Crippen molar-refractivity contribution in [1.82, 2.24) is 5.32 Å². The van der Waals surface area contributed by atoms with E-state index in [1.165, 1.54) is 6.42 Å². The van der Waals surface area contributed by atoms with Crippen molar-refractivity contribution >= 4 is 5.78 Å². The molecule has 4 rings (SSSR count). The lowest BCUT2D eigenvalue weighted by Gasteiger charge is -2.40. The Morgan fingerprint density at radius 2 is 2.18 bits per heavy atom. The maximum Gasteiger partial charge on any atom is 0.170 e. The first kappa shape index (κ1) is 9.66. The monoisotopic (exact) mass is 229 g/mol. The van der Waals surface area contributed by atoms with Crippen LogP contribution < -0.4 is 10.1 Å².